The average molecular weight is 369 g/mol. The number of fused-ring (bicyclic) bond motifs is 2. The highest BCUT2D eigenvalue weighted by Crippen LogP contribution is 2.43. The van der Waals surface area contributed by atoms with Gasteiger partial charge in [0.15, 0.2) is 0 Å². The van der Waals surface area contributed by atoms with Gasteiger partial charge in [-0.2, -0.15) is 0 Å². The molecule has 1 unspecified atom stereocenters. The predicted molar refractivity (Wildman–Crippen MR) is 98.8 cm³/mol. The van der Waals surface area contributed by atoms with E-state index in [4.69, 9.17) is 4.98 Å². The molecular weight excluding hydrogens is 346 g/mol. The Hall–Kier alpha value is -2.77. The standard InChI is InChI=1S/C19H23N5O3/c1-12-20-10-13-5-7-19(16(13)21-12)6-4-8-24(11-19)17(26)14-9-15(25)23(3)18(27)22(14)2/h9-10H,4-8,11H2,1-3H3. The Kier molecular flexibility index (Phi) is 4.01. The summed E-state index contributed by atoms with van der Waals surface area (Å²) in [7, 11) is 2.93. The van der Waals surface area contributed by atoms with E-state index in [1.165, 1.54) is 24.7 Å². The van der Waals surface area contributed by atoms with Crippen molar-refractivity contribution in [2.45, 2.75) is 38.0 Å². The van der Waals surface area contributed by atoms with Crippen LogP contribution in [-0.2, 0) is 25.9 Å². The maximum Gasteiger partial charge on any atom is 0.331 e. The molecule has 3 heterocycles. The summed E-state index contributed by atoms with van der Waals surface area (Å²) in [4.78, 5) is 48.1. The predicted octanol–water partition coefficient (Wildman–Crippen LogP) is 0.303. The lowest BCUT2D eigenvalue weighted by Crippen LogP contribution is -2.50. The zero-order valence-corrected chi connectivity index (χ0v) is 15.9. The highest BCUT2D eigenvalue weighted by atomic mass is 16.2. The Morgan fingerprint density at radius 2 is 1.96 bits per heavy atom. The number of rotatable bonds is 1. The third-order valence-corrected chi connectivity index (χ3v) is 5.97. The van der Waals surface area contributed by atoms with Crippen molar-refractivity contribution in [1.82, 2.24) is 24.0 Å². The van der Waals surface area contributed by atoms with Crippen LogP contribution < -0.4 is 11.2 Å². The molecule has 0 saturated carbocycles. The van der Waals surface area contributed by atoms with Gasteiger partial charge in [-0.3, -0.25) is 18.7 Å². The number of carbonyl (C=O) groups is 1. The summed E-state index contributed by atoms with van der Waals surface area (Å²) in [6.45, 7) is 3.05. The van der Waals surface area contributed by atoms with Crippen molar-refractivity contribution < 1.29 is 4.79 Å². The topological polar surface area (TPSA) is 90.1 Å². The second-order valence-corrected chi connectivity index (χ2v) is 7.67. The van der Waals surface area contributed by atoms with Crippen molar-refractivity contribution in [3.63, 3.8) is 0 Å². The molecule has 2 aromatic heterocycles. The molecule has 1 spiro atoms. The Morgan fingerprint density at radius 1 is 1.19 bits per heavy atom. The minimum absolute atomic E-state index is 0.136. The molecule has 1 saturated heterocycles. The lowest BCUT2D eigenvalue weighted by atomic mass is 9.77. The van der Waals surface area contributed by atoms with Crippen LogP contribution in [0.2, 0.25) is 0 Å². The van der Waals surface area contributed by atoms with Gasteiger partial charge >= 0.3 is 5.69 Å². The minimum Gasteiger partial charge on any atom is -0.336 e. The number of amides is 1. The van der Waals surface area contributed by atoms with Crippen molar-refractivity contribution in [2.75, 3.05) is 13.1 Å². The number of carbonyl (C=O) groups excluding carboxylic acids is 1. The van der Waals surface area contributed by atoms with Crippen LogP contribution in [0.15, 0.2) is 21.9 Å². The molecule has 0 aromatic carbocycles. The van der Waals surface area contributed by atoms with Crippen molar-refractivity contribution in [3.8, 4) is 0 Å². The monoisotopic (exact) mass is 369 g/mol. The van der Waals surface area contributed by atoms with Crippen molar-refractivity contribution in [1.29, 1.82) is 0 Å². The van der Waals surface area contributed by atoms with Crippen molar-refractivity contribution >= 4 is 5.91 Å². The van der Waals surface area contributed by atoms with Gasteiger partial charge < -0.3 is 4.90 Å². The molecule has 1 aliphatic carbocycles. The van der Waals surface area contributed by atoms with Crippen LogP contribution in [0.5, 0.6) is 0 Å². The van der Waals surface area contributed by atoms with Gasteiger partial charge in [0.2, 0.25) is 0 Å². The second kappa shape index (κ2) is 6.14. The van der Waals surface area contributed by atoms with Gasteiger partial charge in [0.25, 0.3) is 11.5 Å². The summed E-state index contributed by atoms with van der Waals surface area (Å²) in [5, 5.41) is 0. The van der Waals surface area contributed by atoms with Crippen LogP contribution in [0.25, 0.3) is 0 Å². The highest BCUT2D eigenvalue weighted by Gasteiger charge is 2.45. The second-order valence-electron chi connectivity index (χ2n) is 7.67. The molecule has 1 fully saturated rings. The van der Waals surface area contributed by atoms with Crippen LogP contribution in [0.1, 0.15) is 46.8 Å². The molecule has 27 heavy (non-hydrogen) atoms. The van der Waals surface area contributed by atoms with E-state index in [9.17, 15) is 14.4 Å². The van der Waals surface area contributed by atoms with E-state index < -0.39 is 11.2 Å². The lowest BCUT2D eigenvalue weighted by molar-refractivity contribution is 0.0621. The van der Waals surface area contributed by atoms with E-state index in [0.29, 0.717) is 13.1 Å². The third kappa shape index (κ3) is 2.70. The van der Waals surface area contributed by atoms with E-state index >= 15 is 0 Å². The van der Waals surface area contributed by atoms with E-state index in [0.717, 1.165) is 47.3 Å². The fourth-order valence-corrected chi connectivity index (χ4v) is 4.43. The molecule has 142 valence electrons. The van der Waals surface area contributed by atoms with Crippen LogP contribution >= 0.6 is 0 Å². The van der Waals surface area contributed by atoms with Crippen molar-refractivity contribution in [3.05, 3.63) is 55.9 Å². The van der Waals surface area contributed by atoms with Gasteiger partial charge in [-0.15, -0.1) is 0 Å². The maximum atomic E-state index is 13.1. The quantitative estimate of drug-likeness (QED) is 0.721. The maximum absolute atomic E-state index is 13.1. The van der Waals surface area contributed by atoms with E-state index in [-0.39, 0.29) is 17.0 Å². The van der Waals surface area contributed by atoms with Gasteiger partial charge in [-0.25, -0.2) is 14.8 Å². The minimum atomic E-state index is -0.493. The lowest BCUT2D eigenvalue weighted by Gasteiger charge is -2.40. The Balaban J connectivity index is 1.70. The molecule has 1 atom stereocenters. The molecule has 1 amide bonds. The molecule has 0 radical (unpaired) electrons. The molecule has 8 heteroatoms. The molecule has 8 nitrogen and oxygen atoms in total. The number of nitrogens with zero attached hydrogens (tertiary/aromatic N) is 5. The first-order valence-corrected chi connectivity index (χ1v) is 9.22. The first-order valence-electron chi connectivity index (χ1n) is 9.22. The fraction of sp³-hybridized carbons (Fsp3) is 0.526. The van der Waals surface area contributed by atoms with Crippen LogP contribution in [0.4, 0.5) is 0 Å². The average Bonchev–Trinajstić information content (AvgIpc) is 2.99. The molecule has 4 rings (SSSR count). The summed E-state index contributed by atoms with van der Waals surface area (Å²) in [5.41, 5.74) is 1.24. The van der Waals surface area contributed by atoms with Gasteiger partial charge in [0.1, 0.15) is 11.5 Å². The first-order chi connectivity index (χ1) is 12.8. The summed E-state index contributed by atoms with van der Waals surface area (Å²) >= 11 is 0. The molecule has 1 aliphatic heterocycles. The number of piperidine rings is 1. The van der Waals surface area contributed by atoms with Gasteiger partial charge in [-0.05, 0) is 38.2 Å². The number of aryl methyl sites for hydroxylation is 2. The van der Waals surface area contributed by atoms with Gasteiger partial charge in [0, 0.05) is 44.9 Å². The smallest absolute Gasteiger partial charge is 0.331 e. The summed E-state index contributed by atoms with van der Waals surface area (Å²) in [5.74, 6) is 0.470. The number of aromatic nitrogens is 4. The number of hydrogen-bond donors (Lipinski definition) is 0. The zero-order valence-electron chi connectivity index (χ0n) is 15.9. The zero-order chi connectivity index (χ0) is 19.3. The summed E-state index contributed by atoms with van der Waals surface area (Å²) < 4.78 is 2.25. The molecule has 2 aliphatic rings. The normalized spacial score (nSPS) is 21.5. The highest BCUT2D eigenvalue weighted by molar-refractivity contribution is 5.92. The Morgan fingerprint density at radius 3 is 2.74 bits per heavy atom. The number of hydrogen-bond acceptors (Lipinski definition) is 5. The number of likely N-dealkylation sites (tertiary alicyclic amines) is 1. The summed E-state index contributed by atoms with van der Waals surface area (Å²) in [6, 6.07) is 1.25. The molecule has 0 bridgehead atoms. The van der Waals surface area contributed by atoms with E-state index in [2.05, 4.69) is 4.98 Å². The Labute approximate surface area is 156 Å². The van der Waals surface area contributed by atoms with E-state index in [1.807, 2.05) is 13.1 Å². The van der Waals surface area contributed by atoms with Crippen LogP contribution in [0.3, 0.4) is 0 Å². The van der Waals surface area contributed by atoms with Crippen molar-refractivity contribution in [2.24, 2.45) is 14.1 Å². The summed E-state index contributed by atoms with van der Waals surface area (Å²) in [6.07, 6.45) is 5.61. The first kappa shape index (κ1) is 17.6. The van der Waals surface area contributed by atoms with Gasteiger partial charge in [-0.1, -0.05) is 0 Å². The molecule has 2 aromatic rings. The molecule has 0 N–H and O–H groups in total. The Bertz CT molecular complexity index is 1050. The fourth-order valence-electron chi connectivity index (χ4n) is 4.43. The van der Waals surface area contributed by atoms with E-state index in [1.54, 1.807) is 4.90 Å². The van der Waals surface area contributed by atoms with Gasteiger partial charge in [0.05, 0.1) is 5.69 Å². The third-order valence-electron chi connectivity index (χ3n) is 5.97. The molecular formula is C19H23N5O3. The van der Waals surface area contributed by atoms with Crippen LogP contribution in [-0.4, -0.2) is 43.0 Å². The largest absolute Gasteiger partial charge is 0.336 e. The SMILES string of the molecule is Cc1ncc2c(n1)C1(CCCN(C(=O)c3cc(=O)n(C)c(=O)n3C)C1)CC2. The van der Waals surface area contributed by atoms with Crippen LogP contribution in [0, 0.1) is 6.92 Å².